The molecule has 0 saturated carbocycles. The van der Waals surface area contributed by atoms with Gasteiger partial charge in [0, 0.05) is 44.5 Å². The van der Waals surface area contributed by atoms with Gasteiger partial charge in [0.15, 0.2) is 0 Å². The second kappa shape index (κ2) is 7.42. The van der Waals surface area contributed by atoms with E-state index < -0.39 is 0 Å². The van der Waals surface area contributed by atoms with E-state index in [-0.39, 0.29) is 18.5 Å². The Hall–Kier alpha value is -2.14. The number of hydrogen-bond acceptors (Lipinski definition) is 5. The number of ether oxygens (including phenoxy) is 1. The van der Waals surface area contributed by atoms with Gasteiger partial charge in [-0.05, 0) is 23.8 Å². The number of nitrogens with zero attached hydrogens (tertiary/aromatic N) is 3. The van der Waals surface area contributed by atoms with Crippen LogP contribution in [0.3, 0.4) is 0 Å². The molecular weight excluding hydrogens is 314 g/mol. The van der Waals surface area contributed by atoms with E-state index >= 15 is 0 Å². The summed E-state index contributed by atoms with van der Waals surface area (Å²) < 4.78 is 5.56. The topological polar surface area (TPSA) is 55.3 Å². The highest BCUT2D eigenvalue weighted by Crippen LogP contribution is 2.21. The van der Waals surface area contributed by atoms with Crippen LogP contribution in [0.2, 0.25) is 5.02 Å². The Morgan fingerprint density at radius 1 is 1.26 bits per heavy atom. The number of hydrogen-bond donors (Lipinski definition) is 0. The standard InChI is InChI=1S/C17H18ClN3O2/c18-14-3-4-16(20-12-14)21-8-5-15(6-9-21)23-17(22)10-13-2-1-7-19-11-13/h1-4,7,11-12,15H,5-6,8-10H2. The number of carbonyl (C=O) groups excluding carboxylic acids is 1. The largest absolute Gasteiger partial charge is 0.462 e. The van der Waals surface area contributed by atoms with Crippen molar-refractivity contribution in [3.63, 3.8) is 0 Å². The summed E-state index contributed by atoms with van der Waals surface area (Å²) in [6, 6.07) is 7.45. The zero-order valence-electron chi connectivity index (χ0n) is 12.7. The lowest BCUT2D eigenvalue weighted by Crippen LogP contribution is -2.38. The smallest absolute Gasteiger partial charge is 0.310 e. The summed E-state index contributed by atoms with van der Waals surface area (Å²) in [7, 11) is 0. The van der Waals surface area contributed by atoms with Gasteiger partial charge in [-0.25, -0.2) is 4.98 Å². The predicted molar refractivity (Wildman–Crippen MR) is 88.5 cm³/mol. The quantitative estimate of drug-likeness (QED) is 0.806. The zero-order valence-corrected chi connectivity index (χ0v) is 13.4. The van der Waals surface area contributed by atoms with Crippen LogP contribution in [-0.4, -0.2) is 35.1 Å². The molecule has 0 aromatic carbocycles. The molecule has 2 aromatic rings. The monoisotopic (exact) mass is 331 g/mol. The minimum Gasteiger partial charge on any atom is -0.462 e. The van der Waals surface area contributed by atoms with Crippen LogP contribution in [0.15, 0.2) is 42.9 Å². The van der Waals surface area contributed by atoms with Crippen molar-refractivity contribution in [1.29, 1.82) is 0 Å². The first-order valence-electron chi connectivity index (χ1n) is 7.65. The van der Waals surface area contributed by atoms with Crippen LogP contribution < -0.4 is 4.90 Å². The summed E-state index contributed by atoms with van der Waals surface area (Å²) in [5.41, 5.74) is 0.875. The van der Waals surface area contributed by atoms with Crippen molar-refractivity contribution in [3.05, 3.63) is 53.4 Å². The summed E-state index contributed by atoms with van der Waals surface area (Å²) in [6.45, 7) is 1.64. The van der Waals surface area contributed by atoms with Crippen LogP contribution in [0.25, 0.3) is 0 Å². The lowest BCUT2D eigenvalue weighted by molar-refractivity contribution is -0.149. The van der Waals surface area contributed by atoms with Crippen LogP contribution in [0.1, 0.15) is 18.4 Å². The van der Waals surface area contributed by atoms with Crippen molar-refractivity contribution in [2.24, 2.45) is 0 Å². The van der Waals surface area contributed by atoms with Crippen LogP contribution in [0, 0.1) is 0 Å². The van der Waals surface area contributed by atoms with Gasteiger partial charge in [-0.15, -0.1) is 0 Å². The summed E-state index contributed by atoms with van der Waals surface area (Å²) in [5.74, 6) is 0.718. The molecule has 0 spiro atoms. The van der Waals surface area contributed by atoms with Crippen molar-refractivity contribution in [2.45, 2.75) is 25.4 Å². The van der Waals surface area contributed by atoms with E-state index in [1.165, 1.54) is 0 Å². The molecule has 0 radical (unpaired) electrons. The van der Waals surface area contributed by atoms with E-state index in [4.69, 9.17) is 16.3 Å². The molecule has 0 unspecified atom stereocenters. The highest BCUT2D eigenvalue weighted by Gasteiger charge is 2.23. The number of anilines is 1. The van der Waals surface area contributed by atoms with E-state index in [9.17, 15) is 4.79 Å². The SMILES string of the molecule is O=C(Cc1cccnc1)OC1CCN(c2ccc(Cl)cn2)CC1. The number of pyridine rings is 2. The Bertz CT molecular complexity index is 641. The fourth-order valence-electron chi connectivity index (χ4n) is 2.65. The molecule has 0 atom stereocenters. The normalized spacial score (nSPS) is 15.4. The number of piperidine rings is 1. The van der Waals surface area contributed by atoms with Gasteiger partial charge in [-0.3, -0.25) is 9.78 Å². The van der Waals surface area contributed by atoms with Crippen molar-refractivity contribution in [3.8, 4) is 0 Å². The van der Waals surface area contributed by atoms with Crippen LogP contribution >= 0.6 is 11.6 Å². The molecule has 5 nitrogen and oxygen atoms in total. The Morgan fingerprint density at radius 3 is 2.74 bits per heavy atom. The first-order valence-corrected chi connectivity index (χ1v) is 8.03. The number of esters is 1. The first kappa shape index (κ1) is 15.7. The minimum atomic E-state index is -0.193. The molecule has 1 fully saturated rings. The van der Waals surface area contributed by atoms with Gasteiger partial charge in [0.05, 0.1) is 11.4 Å². The van der Waals surface area contributed by atoms with Crippen LogP contribution in [0.4, 0.5) is 5.82 Å². The van der Waals surface area contributed by atoms with Crippen molar-refractivity contribution >= 4 is 23.4 Å². The van der Waals surface area contributed by atoms with Crippen molar-refractivity contribution < 1.29 is 9.53 Å². The van der Waals surface area contributed by atoms with Crippen molar-refractivity contribution in [2.75, 3.05) is 18.0 Å². The highest BCUT2D eigenvalue weighted by molar-refractivity contribution is 6.30. The van der Waals surface area contributed by atoms with E-state index in [2.05, 4.69) is 14.9 Å². The molecule has 1 aliphatic rings. The lowest BCUT2D eigenvalue weighted by atomic mass is 10.1. The number of carbonyl (C=O) groups is 1. The fraction of sp³-hybridized carbons (Fsp3) is 0.353. The van der Waals surface area contributed by atoms with Gasteiger partial charge >= 0.3 is 5.97 Å². The number of halogens is 1. The Balaban J connectivity index is 1.47. The zero-order chi connectivity index (χ0) is 16.1. The lowest BCUT2D eigenvalue weighted by Gasteiger charge is -2.32. The van der Waals surface area contributed by atoms with Gasteiger partial charge in [-0.2, -0.15) is 0 Å². The third kappa shape index (κ3) is 4.42. The molecule has 3 rings (SSSR count). The maximum Gasteiger partial charge on any atom is 0.310 e. The second-order valence-electron chi connectivity index (χ2n) is 5.55. The number of rotatable bonds is 4. The molecule has 1 aliphatic heterocycles. The average Bonchev–Trinajstić information content (AvgIpc) is 2.57. The van der Waals surface area contributed by atoms with Gasteiger partial charge in [0.25, 0.3) is 0 Å². The third-order valence-electron chi connectivity index (χ3n) is 3.85. The van der Waals surface area contributed by atoms with Crippen LogP contribution in [-0.2, 0) is 16.0 Å². The van der Waals surface area contributed by atoms with Gasteiger partial charge < -0.3 is 9.64 Å². The molecule has 0 N–H and O–H groups in total. The summed E-state index contributed by atoms with van der Waals surface area (Å²) in [6.07, 6.45) is 6.89. The number of aromatic nitrogens is 2. The molecule has 23 heavy (non-hydrogen) atoms. The summed E-state index contributed by atoms with van der Waals surface area (Å²) in [5, 5.41) is 0.632. The maximum atomic E-state index is 12.0. The Morgan fingerprint density at radius 2 is 2.09 bits per heavy atom. The fourth-order valence-corrected chi connectivity index (χ4v) is 2.77. The van der Waals surface area contributed by atoms with E-state index in [0.717, 1.165) is 37.3 Å². The highest BCUT2D eigenvalue weighted by atomic mass is 35.5. The minimum absolute atomic E-state index is 0.0253. The first-order chi connectivity index (χ1) is 11.2. The molecule has 2 aromatic heterocycles. The predicted octanol–water partition coefficient (Wildman–Crippen LogP) is 2.88. The van der Waals surface area contributed by atoms with Crippen molar-refractivity contribution in [1.82, 2.24) is 9.97 Å². The molecule has 1 saturated heterocycles. The maximum absolute atomic E-state index is 12.0. The van der Waals surface area contributed by atoms with Crippen LogP contribution in [0.5, 0.6) is 0 Å². The molecule has 3 heterocycles. The Kier molecular flexibility index (Phi) is 5.08. The summed E-state index contributed by atoms with van der Waals surface area (Å²) in [4.78, 5) is 22.5. The van der Waals surface area contributed by atoms with E-state index in [1.54, 1.807) is 18.6 Å². The second-order valence-corrected chi connectivity index (χ2v) is 5.99. The third-order valence-corrected chi connectivity index (χ3v) is 4.07. The molecule has 0 aliphatic carbocycles. The Labute approximate surface area is 140 Å². The van der Waals surface area contributed by atoms with Gasteiger partial charge in [-0.1, -0.05) is 17.7 Å². The molecule has 0 bridgehead atoms. The van der Waals surface area contributed by atoms with Gasteiger partial charge in [0.1, 0.15) is 11.9 Å². The van der Waals surface area contributed by atoms with E-state index in [1.807, 2.05) is 24.3 Å². The molecule has 0 amide bonds. The molecule has 120 valence electrons. The summed E-state index contributed by atoms with van der Waals surface area (Å²) >= 11 is 5.85. The van der Waals surface area contributed by atoms with Gasteiger partial charge in [0.2, 0.25) is 0 Å². The van der Waals surface area contributed by atoms with E-state index in [0.29, 0.717) is 5.02 Å². The molecule has 6 heteroatoms. The average molecular weight is 332 g/mol. The molecular formula is C17H18ClN3O2.